The average Bonchev–Trinajstić information content (AvgIpc) is 2.53. The van der Waals surface area contributed by atoms with Crippen molar-refractivity contribution in [3.63, 3.8) is 0 Å². The molecule has 0 unspecified atom stereocenters. The summed E-state index contributed by atoms with van der Waals surface area (Å²) >= 11 is 0.0237. The third-order valence-corrected chi connectivity index (χ3v) is 6.05. The molecule has 0 fully saturated rings. The molecule has 2 heteroatoms. The summed E-state index contributed by atoms with van der Waals surface area (Å²) in [6.07, 6.45) is 6.20. The molecular formula is C11H18OTe. The first kappa shape index (κ1) is 11.3. The van der Waals surface area contributed by atoms with E-state index in [2.05, 4.69) is 6.92 Å². The number of hydrogen-bond donors (Lipinski definition) is 0. The molecule has 0 atom stereocenters. The van der Waals surface area contributed by atoms with Crippen LogP contribution in [0.5, 0.6) is 0 Å². The van der Waals surface area contributed by atoms with E-state index in [1.807, 2.05) is 0 Å². The van der Waals surface area contributed by atoms with Crippen LogP contribution >= 0.6 is 0 Å². The van der Waals surface area contributed by atoms with E-state index in [1.165, 1.54) is 35.7 Å². The minimum absolute atomic E-state index is 0.0237. The van der Waals surface area contributed by atoms with Crippen LogP contribution in [0.3, 0.4) is 0 Å². The summed E-state index contributed by atoms with van der Waals surface area (Å²) in [5, 5.41) is 0. The fourth-order valence-corrected chi connectivity index (χ4v) is 5.55. The van der Waals surface area contributed by atoms with Crippen LogP contribution in [0.4, 0.5) is 0 Å². The molecule has 1 rings (SSSR count). The molecule has 0 radical (unpaired) electrons. The van der Waals surface area contributed by atoms with Gasteiger partial charge in [0.15, 0.2) is 0 Å². The van der Waals surface area contributed by atoms with E-state index in [9.17, 15) is 4.79 Å². The number of hydrogen-bond acceptors (Lipinski definition) is 1. The molecule has 1 nitrogen and oxygen atoms in total. The molecule has 74 valence electrons. The number of Topliss-reactive ketones (excluding diaryl/α,β-unsaturated/α-hetero) is 1. The maximum absolute atomic E-state index is 11.3. The second kappa shape index (κ2) is 5.83. The molecule has 0 saturated heterocycles. The van der Waals surface area contributed by atoms with Crippen molar-refractivity contribution in [1.82, 2.24) is 0 Å². The Kier molecular flexibility index (Phi) is 5.06. The molecule has 0 heterocycles. The Morgan fingerprint density at radius 2 is 2.23 bits per heavy atom. The molecule has 0 N–H and O–H groups in total. The van der Waals surface area contributed by atoms with Gasteiger partial charge in [0.25, 0.3) is 0 Å². The van der Waals surface area contributed by atoms with Crippen LogP contribution in [0, 0.1) is 0 Å². The van der Waals surface area contributed by atoms with Crippen LogP contribution in [0.1, 0.15) is 46.0 Å². The first-order valence-corrected chi connectivity index (χ1v) is 7.92. The van der Waals surface area contributed by atoms with Gasteiger partial charge in [0.2, 0.25) is 0 Å². The molecule has 1 aliphatic carbocycles. The van der Waals surface area contributed by atoms with Gasteiger partial charge < -0.3 is 0 Å². The van der Waals surface area contributed by atoms with Crippen molar-refractivity contribution in [3.8, 4) is 0 Å². The molecule has 13 heavy (non-hydrogen) atoms. The van der Waals surface area contributed by atoms with Gasteiger partial charge in [-0.25, -0.2) is 0 Å². The van der Waals surface area contributed by atoms with Crippen molar-refractivity contribution < 1.29 is 4.79 Å². The number of unbranched alkanes of at least 4 members (excludes halogenated alkanes) is 1. The van der Waals surface area contributed by atoms with Gasteiger partial charge in [-0.2, -0.15) is 0 Å². The summed E-state index contributed by atoms with van der Waals surface area (Å²) in [6, 6.07) is 0. The maximum atomic E-state index is 11.3. The standard InChI is InChI=1S/C11H18OTe/c1-3-4-8-13-11-7-5-6-10(11)9(2)12/h3-8H2,1-2H3. The Morgan fingerprint density at radius 1 is 1.46 bits per heavy atom. The molecule has 0 amide bonds. The molecule has 0 spiro atoms. The van der Waals surface area contributed by atoms with Gasteiger partial charge in [-0.05, 0) is 0 Å². The predicted molar refractivity (Wildman–Crippen MR) is 57.0 cm³/mol. The molecular weight excluding hydrogens is 276 g/mol. The molecule has 0 bridgehead atoms. The number of ketones is 1. The van der Waals surface area contributed by atoms with Crippen LogP contribution in [-0.2, 0) is 4.79 Å². The van der Waals surface area contributed by atoms with Crippen LogP contribution in [0.2, 0.25) is 4.47 Å². The van der Waals surface area contributed by atoms with Gasteiger partial charge in [0.05, 0.1) is 0 Å². The summed E-state index contributed by atoms with van der Waals surface area (Å²) < 4.78 is 2.99. The van der Waals surface area contributed by atoms with Gasteiger partial charge in [0, 0.05) is 0 Å². The van der Waals surface area contributed by atoms with Crippen molar-refractivity contribution >= 4 is 26.7 Å². The third kappa shape index (κ3) is 3.44. The predicted octanol–water partition coefficient (Wildman–Crippen LogP) is 2.94. The van der Waals surface area contributed by atoms with E-state index < -0.39 is 0 Å². The number of allylic oxidation sites excluding steroid dienone is 2. The van der Waals surface area contributed by atoms with Crippen LogP contribution in [0.15, 0.2) is 9.19 Å². The summed E-state index contributed by atoms with van der Waals surface area (Å²) in [5.41, 5.74) is 1.21. The van der Waals surface area contributed by atoms with Gasteiger partial charge in [0.1, 0.15) is 0 Å². The molecule has 0 aromatic rings. The van der Waals surface area contributed by atoms with Crippen molar-refractivity contribution in [3.05, 3.63) is 9.19 Å². The Bertz CT molecular complexity index is 218. The topological polar surface area (TPSA) is 17.1 Å². The molecule has 0 saturated carbocycles. The summed E-state index contributed by atoms with van der Waals surface area (Å²) in [6.45, 7) is 3.97. The van der Waals surface area contributed by atoms with Gasteiger partial charge in [-0.15, -0.1) is 0 Å². The minimum atomic E-state index is 0.0237. The second-order valence-electron chi connectivity index (χ2n) is 3.51. The monoisotopic (exact) mass is 296 g/mol. The van der Waals surface area contributed by atoms with Crippen molar-refractivity contribution in [2.75, 3.05) is 0 Å². The van der Waals surface area contributed by atoms with E-state index in [0.717, 1.165) is 6.42 Å². The van der Waals surface area contributed by atoms with E-state index in [0.29, 0.717) is 5.78 Å². The number of rotatable bonds is 5. The Morgan fingerprint density at radius 3 is 2.85 bits per heavy atom. The second-order valence-corrected chi connectivity index (χ2v) is 6.91. The van der Waals surface area contributed by atoms with Crippen LogP contribution < -0.4 is 0 Å². The summed E-state index contributed by atoms with van der Waals surface area (Å²) in [4.78, 5) is 11.3. The quantitative estimate of drug-likeness (QED) is 0.563. The number of carbonyl (C=O) groups is 1. The summed E-state index contributed by atoms with van der Waals surface area (Å²) in [5.74, 6) is 0.342. The number of carbonyl (C=O) groups excluding carboxylic acids is 1. The van der Waals surface area contributed by atoms with E-state index in [-0.39, 0.29) is 20.9 Å². The van der Waals surface area contributed by atoms with E-state index in [1.54, 1.807) is 10.5 Å². The molecule has 0 aliphatic heterocycles. The molecule has 0 aromatic carbocycles. The summed E-state index contributed by atoms with van der Waals surface area (Å²) in [7, 11) is 0. The first-order chi connectivity index (χ1) is 6.25. The first-order valence-electron chi connectivity index (χ1n) is 5.11. The normalized spacial score (nSPS) is 16.8. The van der Waals surface area contributed by atoms with Gasteiger partial charge in [-0.3, -0.25) is 0 Å². The van der Waals surface area contributed by atoms with Crippen LogP contribution in [-0.4, -0.2) is 26.7 Å². The van der Waals surface area contributed by atoms with Gasteiger partial charge >= 0.3 is 91.1 Å². The third-order valence-electron chi connectivity index (χ3n) is 2.37. The SMILES string of the molecule is CCCC[Te]C1=C(C(C)=O)CCC1. The van der Waals surface area contributed by atoms with Crippen molar-refractivity contribution in [2.24, 2.45) is 0 Å². The van der Waals surface area contributed by atoms with Crippen LogP contribution in [0.25, 0.3) is 0 Å². The zero-order valence-corrected chi connectivity index (χ0v) is 10.9. The zero-order chi connectivity index (χ0) is 9.68. The molecule has 0 aromatic heterocycles. The fourth-order valence-electron chi connectivity index (χ4n) is 1.59. The van der Waals surface area contributed by atoms with Gasteiger partial charge in [-0.1, -0.05) is 0 Å². The fraction of sp³-hybridized carbons (Fsp3) is 0.727. The van der Waals surface area contributed by atoms with Crippen molar-refractivity contribution in [1.29, 1.82) is 0 Å². The Labute approximate surface area is 91.1 Å². The Balaban J connectivity index is 2.45. The Hall–Kier alpha value is 0.200. The van der Waals surface area contributed by atoms with E-state index in [4.69, 9.17) is 0 Å². The molecule has 1 aliphatic rings. The van der Waals surface area contributed by atoms with E-state index >= 15 is 0 Å². The zero-order valence-electron chi connectivity index (χ0n) is 8.56. The average molecular weight is 294 g/mol. The van der Waals surface area contributed by atoms with Crippen molar-refractivity contribution in [2.45, 2.75) is 50.4 Å².